The molecule has 0 unspecified atom stereocenters. The first kappa shape index (κ1) is 26.7. The van der Waals surface area contributed by atoms with Crippen molar-refractivity contribution in [3.63, 3.8) is 0 Å². The van der Waals surface area contributed by atoms with E-state index < -0.39 is 23.5 Å². The summed E-state index contributed by atoms with van der Waals surface area (Å²) in [6, 6.07) is 11.8. The number of ketones is 1. The molecule has 0 saturated carbocycles. The summed E-state index contributed by atoms with van der Waals surface area (Å²) in [6.07, 6.45) is 1.33. The van der Waals surface area contributed by atoms with Crippen LogP contribution >= 0.6 is 11.6 Å². The first-order valence-corrected chi connectivity index (χ1v) is 11.1. The summed E-state index contributed by atoms with van der Waals surface area (Å²) in [4.78, 5) is 36.9. The summed E-state index contributed by atoms with van der Waals surface area (Å²) in [5, 5.41) is 22.2. The van der Waals surface area contributed by atoms with Gasteiger partial charge in [0.1, 0.15) is 11.8 Å². The Morgan fingerprint density at radius 3 is 2.15 bits per heavy atom. The maximum absolute atomic E-state index is 12.7. The lowest BCUT2D eigenvalue weighted by Gasteiger charge is -2.27. The Morgan fingerprint density at radius 1 is 1.06 bits per heavy atom. The normalized spacial score (nSPS) is 11.9. The number of aliphatic carboxylic acids is 1. The number of nitrogens with one attached hydrogen (secondary N) is 3. The summed E-state index contributed by atoms with van der Waals surface area (Å²) in [5.74, 6) is -1.70. The highest BCUT2D eigenvalue weighted by molar-refractivity contribution is 6.30. The second kappa shape index (κ2) is 12.0. The number of carbonyl (C=O) groups excluding carboxylic acids is 2. The minimum Gasteiger partial charge on any atom is -0.480 e. The minimum absolute atomic E-state index is 0.149. The molecule has 9 nitrogen and oxygen atoms in total. The van der Waals surface area contributed by atoms with Crippen molar-refractivity contribution in [1.82, 2.24) is 10.6 Å². The molecule has 1 amide bonds. The van der Waals surface area contributed by atoms with Gasteiger partial charge in [-0.05, 0) is 81.6 Å². The molecule has 0 spiro atoms. The number of hydrogen-bond donors (Lipinski definition) is 5. The predicted molar refractivity (Wildman–Crippen MR) is 129 cm³/mol. The van der Waals surface area contributed by atoms with Crippen molar-refractivity contribution < 1.29 is 24.2 Å². The summed E-state index contributed by atoms with van der Waals surface area (Å²) in [6.45, 7) is 3.51. The Labute approximate surface area is 203 Å². The van der Waals surface area contributed by atoms with Crippen molar-refractivity contribution in [1.29, 1.82) is 5.41 Å². The molecule has 1 atom stereocenters. The quantitative estimate of drug-likeness (QED) is 0.133. The van der Waals surface area contributed by atoms with Gasteiger partial charge >= 0.3 is 5.97 Å². The zero-order chi connectivity index (χ0) is 25.3. The van der Waals surface area contributed by atoms with Crippen molar-refractivity contribution in [2.24, 2.45) is 5.73 Å². The van der Waals surface area contributed by atoms with Gasteiger partial charge in [0.15, 0.2) is 17.3 Å². The van der Waals surface area contributed by atoms with Gasteiger partial charge in [0.05, 0.1) is 0 Å². The van der Waals surface area contributed by atoms with Crippen molar-refractivity contribution in [3.8, 4) is 5.75 Å². The number of carboxylic acids is 1. The number of carboxylic acid groups (broad SMARTS) is 1. The molecule has 6 N–H and O–H groups in total. The van der Waals surface area contributed by atoms with Crippen molar-refractivity contribution in [2.45, 2.75) is 44.8 Å². The number of ether oxygens (including phenoxy) is 1. The van der Waals surface area contributed by atoms with Crippen LogP contribution in [0.4, 0.5) is 0 Å². The van der Waals surface area contributed by atoms with E-state index in [0.717, 1.165) is 0 Å². The van der Waals surface area contributed by atoms with E-state index in [1.54, 1.807) is 48.5 Å². The maximum Gasteiger partial charge on any atom is 0.326 e. The molecule has 10 heteroatoms. The number of rotatable bonds is 12. The van der Waals surface area contributed by atoms with Crippen LogP contribution in [-0.2, 0) is 9.59 Å². The monoisotopic (exact) mass is 488 g/mol. The third-order valence-electron chi connectivity index (χ3n) is 4.98. The van der Waals surface area contributed by atoms with Crippen LogP contribution in [0.25, 0.3) is 0 Å². The minimum atomic E-state index is -1.36. The number of nitrogens with two attached hydrogens (primary N) is 1. The number of unbranched alkanes of at least 4 members (excludes halogenated alkanes) is 1. The first-order valence-electron chi connectivity index (χ1n) is 10.7. The molecule has 0 heterocycles. The van der Waals surface area contributed by atoms with Crippen LogP contribution in [0.15, 0.2) is 48.5 Å². The molecule has 2 aromatic carbocycles. The van der Waals surface area contributed by atoms with Gasteiger partial charge in [0.25, 0.3) is 5.91 Å². The lowest BCUT2D eigenvalue weighted by molar-refractivity contribution is -0.145. The Morgan fingerprint density at radius 2 is 1.62 bits per heavy atom. The number of guanidine groups is 1. The molecule has 182 valence electrons. The number of benzene rings is 2. The number of hydrogen-bond acceptors (Lipinski definition) is 5. The van der Waals surface area contributed by atoms with Gasteiger partial charge in [0.2, 0.25) is 0 Å². The Kier molecular flexibility index (Phi) is 9.44. The molecule has 0 aliphatic heterocycles. The highest BCUT2D eigenvalue weighted by Gasteiger charge is 2.33. The van der Waals surface area contributed by atoms with Crippen molar-refractivity contribution >= 4 is 35.2 Å². The van der Waals surface area contributed by atoms with Crippen LogP contribution in [0.2, 0.25) is 5.02 Å². The Hall–Kier alpha value is -3.59. The van der Waals surface area contributed by atoms with E-state index in [1.165, 1.54) is 13.8 Å². The van der Waals surface area contributed by atoms with Crippen molar-refractivity contribution in [2.75, 3.05) is 6.54 Å². The molecular formula is C24H29ClN4O5. The fourth-order valence-electron chi connectivity index (χ4n) is 3.07. The van der Waals surface area contributed by atoms with E-state index in [-0.39, 0.29) is 18.2 Å². The van der Waals surface area contributed by atoms with E-state index in [4.69, 9.17) is 27.5 Å². The fourth-order valence-corrected chi connectivity index (χ4v) is 3.20. The summed E-state index contributed by atoms with van der Waals surface area (Å²) >= 11 is 5.86. The standard InChI is InChI=1S/C24H29ClN4O5/c1-24(2,22(33)29-19(21(31)32)5-3-4-14-28-23(26)27)34-18-12-8-16(9-13-18)20(30)15-6-10-17(25)11-7-15/h6-13,19H,3-5,14H2,1-2H3,(H,29,33)(H,31,32)(H4,26,27,28)/t19-/m0/s1. The van der Waals surface area contributed by atoms with Crippen LogP contribution in [-0.4, -0.2) is 46.9 Å². The third-order valence-corrected chi connectivity index (χ3v) is 5.23. The number of halogens is 1. The zero-order valence-corrected chi connectivity index (χ0v) is 19.8. The Bertz CT molecular complexity index is 1020. The summed E-state index contributed by atoms with van der Waals surface area (Å²) < 4.78 is 5.79. The second-order valence-electron chi connectivity index (χ2n) is 8.17. The average molecular weight is 489 g/mol. The summed E-state index contributed by atoms with van der Waals surface area (Å²) in [7, 11) is 0. The fraction of sp³-hybridized carbons (Fsp3) is 0.333. The van der Waals surface area contributed by atoms with E-state index in [9.17, 15) is 19.5 Å². The van der Waals surface area contributed by atoms with Gasteiger partial charge in [-0.15, -0.1) is 0 Å². The van der Waals surface area contributed by atoms with Gasteiger partial charge in [-0.2, -0.15) is 0 Å². The van der Waals surface area contributed by atoms with E-state index >= 15 is 0 Å². The molecule has 0 bridgehead atoms. The molecule has 0 saturated heterocycles. The zero-order valence-electron chi connectivity index (χ0n) is 19.1. The van der Waals surface area contributed by atoms with Crippen LogP contribution in [0.1, 0.15) is 49.0 Å². The smallest absolute Gasteiger partial charge is 0.326 e. The number of carbonyl (C=O) groups is 3. The van der Waals surface area contributed by atoms with Crippen molar-refractivity contribution in [3.05, 3.63) is 64.7 Å². The topological polar surface area (TPSA) is 155 Å². The maximum atomic E-state index is 12.7. The van der Waals surface area contributed by atoms with Gasteiger partial charge in [0, 0.05) is 22.7 Å². The average Bonchev–Trinajstić information content (AvgIpc) is 2.78. The molecule has 0 aliphatic rings. The van der Waals surface area contributed by atoms with E-state index in [2.05, 4.69) is 10.6 Å². The molecular weight excluding hydrogens is 460 g/mol. The largest absolute Gasteiger partial charge is 0.480 e. The van der Waals surface area contributed by atoms with Crippen LogP contribution in [0, 0.1) is 5.41 Å². The van der Waals surface area contributed by atoms with Gasteiger partial charge < -0.3 is 26.2 Å². The predicted octanol–water partition coefficient (Wildman–Crippen LogP) is 2.95. The molecule has 34 heavy (non-hydrogen) atoms. The molecule has 0 aromatic heterocycles. The lowest BCUT2D eigenvalue weighted by atomic mass is 10.0. The highest BCUT2D eigenvalue weighted by atomic mass is 35.5. The van der Waals surface area contributed by atoms with Crippen LogP contribution in [0.5, 0.6) is 5.75 Å². The van der Waals surface area contributed by atoms with Gasteiger partial charge in [-0.25, -0.2) is 4.79 Å². The second-order valence-corrected chi connectivity index (χ2v) is 8.61. The summed E-state index contributed by atoms with van der Waals surface area (Å²) in [5.41, 5.74) is 4.79. The SMILES string of the molecule is CC(C)(Oc1ccc(C(=O)c2ccc(Cl)cc2)cc1)C(=O)N[C@@H](CCCCNC(=N)N)C(=O)O. The molecule has 2 rings (SSSR count). The van der Waals surface area contributed by atoms with Crippen LogP contribution in [0.3, 0.4) is 0 Å². The van der Waals surface area contributed by atoms with Crippen LogP contribution < -0.4 is 21.1 Å². The van der Waals surface area contributed by atoms with Gasteiger partial charge in [-0.3, -0.25) is 15.0 Å². The molecule has 0 aliphatic carbocycles. The Balaban J connectivity index is 1.95. The lowest BCUT2D eigenvalue weighted by Crippen LogP contribution is -2.52. The highest BCUT2D eigenvalue weighted by Crippen LogP contribution is 2.21. The third kappa shape index (κ3) is 8.08. The van der Waals surface area contributed by atoms with Gasteiger partial charge in [-0.1, -0.05) is 11.6 Å². The molecule has 0 fully saturated rings. The number of amides is 1. The molecule has 2 aromatic rings. The van der Waals surface area contributed by atoms with E-state index in [1.807, 2.05) is 0 Å². The van der Waals surface area contributed by atoms with E-state index in [0.29, 0.717) is 41.3 Å². The first-order chi connectivity index (χ1) is 16.0. The molecule has 0 radical (unpaired) electrons.